The summed E-state index contributed by atoms with van der Waals surface area (Å²) >= 11 is 0. The Morgan fingerprint density at radius 2 is 2.21 bits per heavy atom. The number of rotatable bonds is 6. The Morgan fingerprint density at radius 3 is 2.79 bits per heavy atom. The third-order valence-electron chi connectivity index (χ3n) is 3.27. The molecule has 8 heteroatoms. The normalized spacial score (nSPS) is 23.3. The molecule has 1 aliphatic carbocycles. The Balaban J connectivity index is 2.03. The number of nitrogens with zero attached hydrogens (tertiary/aromatic N) is 1. The Kier molecular flexibility index (Phi) is 4.24. The van der Waals surface area contributed by atoms with Crippen LogP contribution in [0, 0.1) is 6.92 Å². The smallest absolute Gasteiger partial charge is 0.260 e. The molecule has 0 saturated heterocycles. The molecule has 7 nitrogen and oxygen atoms in total. The van der Waals surface area contributed by atoms with Gasteiger partial charge in [0.05, 0.1) is 12.7 Å². The molecule has 0 aliphatic heterocycles. The Bertz CT molecular complexity index is 534. The van der Waals surface area contributed by atoms with Crippen LogP contribution >= 0.6 is 0 Å². The van der Waals surface area contributed by atoms with Crippen LogP contribution in [0.2, 0.25) is 0 Å². The van der Waals surface area contributed by atoms with Crippen molar-refractivity contribution in [2.45, 2.75) is 50.5 Å². The van der Waals surface area contributed by atoms with E-state index in [0.717, 1.165) is 0 Å². The lowest BCUT2D eigenvalue weighted by Gasteiger charge is -2.34. The third kappa shape index (κ3) is 2.97. The molecule has 0 radical (unpaired) electrons. The van der Waals surface area contributed by atoms with Gasteiger partial charge in [0, 0.05) is 23.9 Å². The zero-order valence-electron chi connectivity index (χ0n) is 11.0. The number of hydrogen-bond acceptors (Lipinski definition) is 5. The number of aromatic amines is 1. The third-order valence-corrected chi connectivity index (χ3v) is 4.76. The quantitative estimate of drug-likeness (QED) is 0.687. The van der Waals surface area contributed by atoms with Crippen LogP contribution in [0.5, 0.6) is 0 Å². The van der Waals surface area contributed by atoms with Crippen molar-refractivity contribution in [2.75, 3.05) is 6.61 Å². The molecule has 3 N–H and O–H groups in total. The van der Waals surface area contributed by atoms with E-state index in [-0.39, 0.29) is 23.8 Å². The first-order chi connectivity index (χ1) is 8.97. The van der Waals surface area contributed by atoms with Gasteiger partial charge in [-0.05, 0) is 26.7 Å². The molecule has 0 spiro atoms. The maximum atomic E-state index is 12.1. The van der Waals surface area contributed by atoms with Crippen LogP contribution in [-0.4, -0.2) is 42.5 Å². The van der Waals surface area contributed by atoms with Gasteiger partial charge >= 0.3 is 0 Å². The maximum Gasteiger partial charge on any atom is 0.260 e. The summed E-state index contributed by atoms with van der Waals surface area (Å²) in [5, 5.41) is 15.4. The molecule has 1 heterocycles. The molecular formula is C11H19N3O4S. The lowest BCUT2D eigenvalue weighted by Crippen LogP contribution is -2.47. The maximum absolute atomic E-state index is 12.1. The van der Waals surface area contributed by atoms with Gasteiger partial charge < -0.3 is 9.84 Å². The van der Waals surface area contributed by atoms with Crippen molar-refractivity contribution in [3.05, 3.63) is 11.3 Å². The van der Waals surface area contributed by atoms with Crippen LogP contribution in [0.25, 0.3) is 0 Å². The minimum Gasteiger partial charge on any atom is -0.392 e. The van der Waals surface area contributed by atoms with Gasteiger partial charge in [-0.3, -0.25) is 5.10 Å². The molecule has 0 bridgehead atoms. The zero-order valence-corrected chi connectivity index (χ0v) is 11.8. The highest BCUT2D eigenvalue weighted by Gasteiger charge is 2.34. The van der Waals surface area contributed by atoms with Gasteiger partial charge in [-0.2, -0.15) is 5.10 Å². The highest BCUT2D eigenvalue weighted by molar-refractivity contribution is 7.89. The summed E-state index contributed by atoms with van der Waals surface area (Å²) in [7, 11) is -3.69. The average molecular weight is 289 g/mol. The Morgan fingerprint density at radius 1 is 1.53 bits per heavy atom. The fourth-order valence-electron chi connectivity index (χ4n) is 2.15. The summed E-state index contributed by atoms with van der Waals surface area (Å²) in [6.45, 7) is 3.87. The van der Waals surface area contributed by atoms with Crippen LogP contribution in [0.4, 0.5) is 0 Å². The first-order valence-corrected chi connectivity index (χ1v) is 7.74. The number of aliphatic hydroxyl groups is 1. The number of sulfonamides is 1. The number of hydrogen-bond donors (Lipinski definition) is 3. The second kappa shape index (κ2) is 5.58. The van der Waals surface area contributed by atoms with Crippen molar-refractivity contribution in [3.63, 3.8) is 0 Å². The number of aliphatic hydroxyl groups excluding tert-OH is 1. The SMILES string of the molecule is CCOC1CC(NS(=O)(=O)c2n[nH]c(C)c2CO)C1. The second-order valence-corrected chi connectivity index (χ2v) is 6.29. The van der Waals surface area contributed by atoms with Crippen LogP contribution in [0.1, 0.15) is 31.0 Å². The number of ether oxygens (including phenoxy) is 1. The fraction of sp³-hybridized carbons (Fsp3) is 0.727. The number of nitrogens with one attached hydrogen (secondary N) is 2. The minimum atomic E-state index is -3.69. The van der Waals surface area contributed by atoms with E-state index in [1.165, 1.54) is 0 Å². The van der Waals surface area contributed by atoms with E-state index >= 15 is 0 Å². The van der Waals surface area contributed by atoms with E-state index < -0.39 is 10.0 Å². The summed E-state index contributed by atoms with van der Waals surface area (Å²) in [6.07, 6.45) is 1.48. The van der Waals surface area contributed by atoms with E-state index in [1.807, 2.05) is 6.92 Å². The predicted octanol–water partition coefficient (Wildman–Crippen LogP) is 0.0562. The molecule has 2 rings (SSSR count). The van der Waals surface area contributed by atoms with Gasteiger partial charge in [0.25, 0.3) is 10.0 Å². The van der Waals surface area contributed by atoms with Gasteiger partial charge in [-0.25, -0.2) is 13.1 Å². The van der Waals surface area contributed by atoms with Crippen molar-refractivity contribution in [1.82, 2.24) is 14.9 Å². The van der Waals surface area contributed by atoms with Crippen LogP contribution in [0.15, 0.2) is 5.03 Å². The Hall–Kier alpha value is -0.960. The Labute approximate surface area is 112 Å². The van der Waals surface area contributed by atoms with Crippen molar-refractivity contribution >= 4 is 10.0 Å². The summed E-state index contributed by atoms with van der Waals surface area (Å²) < 4.78 is 32.3. The van der Waals surface area contributed by atoms with Crippen molar-refractivity contribution in [1.29, 1.82) is 0 Å². The van der Waals surface area contributed by atoms with Crippen LogP contribution < -0.4 is 4.72 Å². The van der Waals surface area contributed by atoms with Crippen LogP contribution in [-0.2, 0) is 21.4 Å². The van der Waals surface area contributed by atoms with E-state index in [1.54, 1.807) is 6.92 Å². The standard InChI is InChI=1S/C11H19N3O4S/c1-3-18-9-4-8(5-9)14-19(16,17)11-10(6-15)7(2)12-13-11/h8-9,14-15H,3-6H2,1-2H3,(H,12,13). The van der Waals surface area contributed by atoms with Gasteiger partial charge in [0.1, 0.15) is 0 Å². The van der Waals surface area contributed by atoms with Gasteiger partial charge in [0.2, 0.25) is 0 Å². The first kappa shape index (κ1) is 14.4. The zero-order chi connectivity index (χ0) is 14.0. The van der Waals surface area contributed by atoms with Gasteiger partial charge in [0.15, 0.2) is 5.03 Å². The molecule has 108 valence electrons. The van der Waals surface area contributed by atoms with Crippen molar-refractivity contribution < 1.29 is 18.3 Å². The monoisotopic (exact) mass is 289 g/mol. The molecule has 0 unspecified atom stereocenters. The van der Waals surface area contributed by atoms with Gasteiger partial charge in [-0.15, -0.1) is 0 Å². The minimum absolute atomic E-state index is 0.118. The summed E-state index contributed by atoms with van der Waals surface area (Å²) in [5.41, 5.74) is 0.872. The molecule has 0 aromatic carbocycles. The first-order valence-electron chi connectivity index (χ1n) is 6.26. The lowest BCUT2D eigenvalue weighted by atomic mass is 9.90. The predicted molar refractivity (Wildman–Crippen MR) is 68.0 cm³/mol. The highest BCUT2D eigenvalue weighted by atomic mass is 32.2. The highest BCUT2D eigenvalue weighted by Crippen LogP contribution is 2.25. The van der Waals surface area contributed by atoms with E-state index in [9.17, 15) is 13.5 Å². The van der Waals surface area contributed by atoms with Crippen molar-refractivity contribution in [2.24, 2.45) is 0 Å². The number of aromatic nitrogens is 2. The van der Waals surface area contributed by atoms with Crippen molar-refractivity contribution in [3.8, 4) is 0 Å². The van der Waals surface area contributed by atoms with Gasteiger partial charge in [-0.1, -0.05) is 0 Å². The van der Waals surface area contributed by atoms with E-state index in [4.69, 9.17) is 4.74 Å². The van der Waals surface area contributed by atoms with Crippen LogP contribution in [0.3, 0.4) is 0 Å². The molecule has 1 aromatic heterocycles. The molecule has 19 heavy (non-hydrogen) atoms. The molecule has 1 aliphatic rings. The summed E-state index contributed by atoms with van der Waals surface area (Å²) in [6, 6.07) is -0.120. The van der Waals surface area contributed by atoms with E-state index in [2.05, 4.69) is 14.9 Å². The summed E-state index contributed by atoms with van der Waals surface area (Å²) in [4.78, 5) is 0. The molecule has 1 aromatic rings. The number of aryl methyl sites for hydroxylation is 1. The number of H-pyrrole nitrogens is 1. The molecule has 1 saturated carbocycles. The summed E-state index contributed by atoms with van der Waals surface area (Å²) in [5.74, 6) is 0. The molecular weight excluding hydrogens is 270 g/mol. The topological polar surface area (TPSA) is 104 Å². The molecule has 0 atom stereocenters. The van der Waals surface area contributed by atoms with E-state index in [0.29, 0.717) is 30.7 Å². The fourth-order valence-corrected chi connectivity index (χ4v) is 3.60. The molecule has 1 fully saturated rings. The second-order valence-electron chi connectivity index (χ2n) is 4.66. The largest absolute Gasteiger partial charge is 0.392 e. The molecule has 0 amide bonds. The lowest BCUT2D eigenvalue weighted by molar-refractivity contribution is -0.00477. The average Bonchev–Trinajstić information content (AvgIpc) is 2.68.